The predicted octanol–water partition coefficient (Wildman–Crippen LogP) is 3.92. The van der Waals surface area contributed by atoms with E-state index in [0.29, 0.717) is 10.8 Å². The number of thioether (sulfide) groups is 1. The Morgan fingerprint density at radius 3 is 2.77 bits per heavy atom. The molecule has 1 saturated heterocycles. The molecule has 3 aliphatic heterocycles. The van der Waals surface area contributed by atoms with E-state index in [1.807, 2.05) is 25.4 Å². The van der Waals surface area contributed by atoms with Crippen molar-refractivity contribution in [3.8, 4) is 0 Å². The quantitative estimate of drug-likeness (QED) is 0.648. The number of allylic oxidation sites excluding steroid dienone is 1. The topological polar surface area (TPSA) is 95.0 Å². The SMILES string of the molecule is CNc1nccc(SC2=C(C)N=C(N3CCC4(CC3)Cc3ncccc3[C@H]4N)N3CCN=C23)c1Cl. The monoisotopic (exact) mass is 508 g/mol. The number of fused-ring (bicyclic) bond motifs is 2. The summed E-state index contributed by atoms with van der Waals surface area (Å²) in [6.45, 7) is 5.54. The molecule has 10 heteroatoms. The molecule has 1 spiro atoms. The maximum Gasteiger partial charge on any atom is 0.207 e. The summed E-state index contributed by atoms with van der Waals surface area (Å²) in [6.07, 6.45) is 6.70. The van der Waals surface area contributed by atoms with Crippen LogP contribution in [0.5, 0.6) is 0 Å². The van der Waals surface area contributed by atoms with Crippen molar-refractivity contribution >= 4 is 41.0 Å². The summed E-state index contributed by atoms with van der Waals surface area (Å²) in [5.41, 5.74) is 10.2. The lowest BCUT2D eigenvalue weighted by Crippen LogP contribution is -2.53. The highest BCUT2D eigenvalue weighted by atomic mass is 35.5. The smallest absolute Gasteiger partial charge is 0.207 e. The van der Waals surface area contributed by atoms with E-state index in [0.717, 1.165) is 72.7 Å². The van der Waals surface area contributed by atoms with Gasteiger partial charge in [-0.2, -0.15) is 0 Å². The number of hydrogen-bond donors (Lipinski definition) is 2. The van der Waals surface area contributed by atoms with Gasteiger partial charge in [0.2, 0.25) is 5.96 Å². The van der Waals surface area contributed by atoms with Crippen molar-refractivity contribution < 1.29 is 0 Å². The first-order chi connectivity index (χ1) is 17.0. The van der Waals surface area contributed by atoms with Crippen LogP contribution in [0.3, 0.4) is 0 Å². The van der Waals surface area contributed by atoms with Crippen molar-refractivity contribution in [1.82, 2.24) is 19.8 Å². The Kier molecular flexibility index (Phi) is 5.74. The molecule has 2 aromatic rings. The Hall–Kier alpha value is -2.62. The molecule has 0 amide bonds. The van der Waals surface area contributed by atoms with Gasteiger partial charge < -0.3 is 16.0 Å². The van der Waals surface area contributed by atoms with Gasteiger partial charge in [-0.1, -0.05) is 29.4 Å². The summed E-state index contributed by atoms with van der Waals surface area (Å²) in [6, 6.07) is 6.15. The molecule has 1 aliphatic carbocycles. The number of anilines is 1. The number of aromatic nitrogens is 2. The molecule has 0 saturated carbocycles. The summed E-state index contributed by atoms with van der Waals surface area (Å²) in [7, 11) is 1.82. The number of rotatable bonds is 3. The first-order valence-corrected chi connectivity index (χ1v) is 13.3. The summed E-state index contributed by atoms with van der Waals surface area (Å²) >= 11 is 8.20. The standard InChI is InChI=1S/C25H29ClN8S/c1-15-20(35-18-5-9-30-22(28-2)19(18)26)23-31-10-13-34(23)24(32-15)33-11-6-25(7-12-33)14-17-16(21(25)27)4-3-8-29-17/h3-5,8-9,21H,6-7,10-14,27H2,1-2H3,(H,28,30)/t21-/m1/s1. The molecule has 3 N–H and O–H groups in total. The lowest BCUT2D eigenvalue weighted by molar-refractivity contribution is 0.122. The molecule has 5 heterocycles. The van der Waals surface area contributed by atoms with Gasteiger partial charge >= 0.3 is 0 Å². The molecule has 0 radical (unpaired) electrons. The molecular formula is C25H29ClN8S. The molecular weight excluding hydrogens is 480 g/mol. The third kappa shape index (κ3) is 3.72. The molecule has 0 aromatic carbocycles. The van der Waals surface area contributed by atoms with Crippen LogP contribution in [-0.2, 0) is 6.42 Å². The largest absolute Gasteiger partial charge is 0.372 e. The molecule has 4 aliphatic rings. The number of amidine groups is 1. The Morgan fingerprint density at radius 1 is 1.17 bits per heavy atom. The second-order valence-electron chi connectivity index (χ2n) is 9.55. The van der Waals surface area contributed by atoms with Gasteiger partial charge in [-0.15, -0.1) is 0 Å². The van der Waals surface area contributed by atoms with E-state index in [2.05, 4.69) is 38.1 Å². The number of hydrogen-bond acceptors (Lipinski definition) is 9. The molecule has 2 aromatic heterocycles. The number of aliphatic imine (C=N–C) groups is 2. The number of nitrogens with two attached hydrogens (primary N) is 1. The maximum absolute atomic E-state index is 6.76. The zero-order chi connectivity index (χ0) is 24.2. The Morgan fingerprint density at radius 2 is 2.00 bits per heavy atom. The number of nitrogens with one attached hydrogen (secondary N) is 1. The molecule has 0 bridgehead atoms. The summed E-state index contributed by atoms with van der Waals surface area (Å²) < 4.78 is 0. The van der Waals surface area contributed by atoms with Gasteiger partial charge in [0.15, 0.2) is 0 Å². The molecule has 1 fully saturated rings. The Bertz CT molecular complexity index is 1260. The molecule has 1 atom stereocenters. The second kappa shape index (κ2) is 8.80. The van der Waals surface area contributed by atoms with Crippen molar-refractivity contribution in [3.63, 3.8) is 0 Å². The van der Waals surface area contributed by atoms with Crippen LogP contribution in [0.15, 0.2) is 56.1 Å². The Balaban J connectivity index is 1.24. The first-order valence-electron chi connectivity index (χ1n) is 12.1. The second-order valence-corrected chi connectivity index (χ2v) is 11.0. The third-order valence-corrected chi connectivity index (χ3v) is 9.40. The third-order valence-electron chi connectivity index (χ3n) is 7.67. The van der Waals surface area contributed by atoms with Gasteiger partial charge in [0.05, 0.1) is 22.2 Å². The van der Waals surface area contributed by atoms with Crippen LogP contribution in [-0.4, -0.2) is 64.8 Å². The van der Waals surface area contributed by atoms with Crippen LogP contribution in [0.4, 0.5) is 5.82 Å². The van der Waals surface area contributed by atoms with Crippen molar-refractivity contribution in [2.75, 3.05) is 38.5 Å². The predicted molar refractivity (Wildman–Crippen MR) is 142 cm³/mol. The van der Waals surface area contributed by atoms with Crippen molar-refractivity contribution in [1.29, 1.82) is 0 Å². The van der Waals surface area contributed by atoms with Crippen LogP contribution in [0.1, 0.15) is 37.1 Å². The first kappa shape index (κ1) is 22.8. The molecule has 35 heavy (non-hydrogen) atoms. The van der Waals surface area contributed by atoms with Crippen LogP contribution < -0.4 is 11.1 Å². The fourth-order valence-corrected chi connectivity index (χ4v) is 7.02. The average Bonchev–Trinajstić information content (AvgIpc) is 3.46. The number of halogens is 1. The van der Waals surface area contributed by atoms with E-state index >= 15 is 0 Å². The van der Waals surface area contributed by atoms with Gasteiger partial charge in [-0.05, 0) is 49.3 Å². The molecule has 182 valence electrons. The van der Waals surface area contributed by atoms with Gasteiger partial charge in [0, 0.05) is 55.7 Å². The van der Waals surface area contributed by atoms with Gasteiger partial charge in [-0.3, -0.25) is 14.9 Å². The van der Waals surface area contributed by atoms with Crippen molar-refractivity contribution in [2.24, 2.45) is 21.1 Å². The number of pyridine rings is 2. The Labute approximate surface area is 214 Å². The van der Waals surface area contributed by atoms with E-state index in [-0.39, 0.29) is 11.5 Å². The van der Waals surface area contributed by atoms with Crippen molar-refractivity contribution in [2.45, 2.75) is 37.1 Å². The minimum atomic E-state index is 0.0581. The van der Waals surface area contributed by atoms with Gasteiger partial charge in [-0.25, -0.2) is 9.98 Å². The van der Waals surface area contributed by atoms with Gasteiger partial charge in [0.25, 0.3) is 0 Å². The molecule has 0 unspecified atom stereocenters. The van der Waals surface area contributed by atoms with E-state index in [1.54, 1.807) is 18.0 Å². The number of guanidine groups is 1. The summed E-state index contributed by atoms with van der Waals surface area (Å²) in [5.74, 6) is 2.67. The van der Waals surface area contributed by atoms with E-state index in [9.17, 15) is 0 Å². The fourth-order valence-electron chi connectivity index (χ4n) is 5.70. The summed E-state index contributed by atoms with van der Waals surface area (Å²) in [4.78, 5) is 25.6. The minimum absolute atomic E-state index is 0.0581. The summed E-state index contributed by atoms with van der Waals surface area (Å²) in [5, 5.41) is 3.67. The number of piperidine rings is 1. The van der Waals surface area contributed by atoms with E-state index in [1.165, 1.54) is 11.3 Å². The lowest BCUT2D eigenvalue weighted by atomic mass is 9.73. The lowest BCUT2D eigenvalue weighted by Gasteiger charge is -2.45. The van der Waals surface area contributed by atoms with E-state index < -0.39 is 0 Å². The van der Waals surface area contributed by atoms with E-state index in [4.69, 9.17) is 27.3 Å². The highest BCUT2D eigenvalue weighted by molar-refractivity contribution is 8.04. The van der Waals surface area contributed by atoms with Crippen molar-refractivity contribution in [3.05, 3.63) is 57.5 Å². The van der Waals surface area contributed by atoms with Crippen LogP contribution in [0.25, 0.3) is 0 Å². The van der Waals surface area contributed by atoms with Crippen LogP contribution in [0, 0.1) is 5.41 Å². The van der Waals surface area contributed by atoms with Gasteiger partial charge in [0.1, 0.15) is 11.7 Å². The zero-order valence-electron chi connectivity index (χ0n) is 20.0. The highest BCUT2D eigenvalue weighted by Gasteiger charge is 2.47. The average molecular weight is 509 g/mol. The zero-order valence-corrected chi connectivity index (χ0v) is 21.5. The van der Waals surface area contributed by atoms with Crippen LogP contribution in [0.2, 0.25) is 5.02 Å². The number of nitrogens with zero attached hydrogens (tertiary/aromatic N) is 6. The van der Waals surface area contributed by atoms with Crippen LogP contribution >= 0.6 is 23.4 Å². The highest BCUT2D eigenvalue weighted by Crippen LogP contribution is 2.50. The molecule has 6 rings (SSSR count). The minimum Gasteiger partial charge on any atom is -0.372 e. The normalized spacial score (nSPS) is 22.8. The number of likely N-dealkylation sites (tertiary alicyclic amines) is 1. The molecule has 8 nitrogen and oxygen atoms in total. The fraction of sp³-hybridized carbons (Fsp3) is 0.440. The maximum atomic E-state index is 6.76.